The van der Waals surface area contributed by atoms with Crippen LogP contribution in [0.3, 0.4) is 0 Å². The second-order valence-electron chi connectivity index (χ2n) is 3.71. The van der Waals surface area contributed by atoms with Gasteiger partial charge in [0.25, 0.3) is 0 Å². The zero-order chi connectivity index (χ0) is 13.3. The molecule has 94 valence electrons. The summed E-state index contributed by atoms with van der Waals surface area (Å²) in [6.07, 6.45) is 0. The summed E-state index contributed by atoms with van der Waals surface area (Å²) in [6.45, 7) is 0. The highest BCUT2D eigenvalue weighted by molar-refractivity contribution is 7.89. The molecule has 0 aliphatic heterocycles. The number of hydrogen-bond donors (Lipinski definition) is 3. The Labute approximate surface area is 104 Å². The van der Waals surface area contributed by atoms with E-state index in [9.17, 15) is 18.6 Å². The molecule has 5 nitrogen and oxygen atoms in total. The first-order chi connectivity index (χ1) is 8.41. The van der Waals surface area contributed by atoms with Crippen molar-refractivity contribution in [3.8, 4) is 22.6 Å². The second kappa shape index (κ2) is 4.32. The summed E-state index contributed by atoms with van der Waals surface area (Å²) >= 11 is 0. The minimum Gasteiger partial charge on any atom is -0.504 e. The van der Waals surface area contributed by atoms with E-state index in [1.54, 1.807) is 6.07 Å². The Hall–Kier alpha value is -2.05. The molecule has 6 heteroatoms. The van der Waals surface area contributed by atoms with Gasteiger partial charge in [0.1, 0.15) is 0 Å². The first-order valence-corrected chi connectivity index (χ1v) is 6.59. The average molecular weight is 265 g/mol. The van der Waals surface area contributed by atoms with Gasteiger partial charge in [-0.15, -0.1) is 0 Å². The highest BCUT2D eigenvalue weighted by atomic mass is 32.2. The van der Waals surface area contributed by atoms with Crippen molar-refractivity contribution in [3.05, 3.63) is 42.5 Å². The lowest BCUT2D eigenvalue weighted by molar-refractivity contribution is 0.405. The Kier molecular flexibility index (Phi) is 2.98. The predicted molar refractivity (Wildman–Crippen MR) is 66.6 cm³/mol. The Morgan fingerprint density at radius 1 is 0.889 bits per heavy atom. The van der Waals surface area contributed by atoms with Gasteiger partial charge in [0.15, 0.2) is 11.5 Å². The van der Waals surface area contributed by atoms with Gasteiger partial charge in [-0.25, -0.2) is 13.6 Å². The summed E-state index contributed by atoms with van der Waals surface area (Å²) in [5.74, 6) is -0.703. The van der Waals surface area contributed by atoms with Crippen molar-refractivity contribution < 1.29 is 18.6 Å². The maximum absolute atomic E-state index is 11.5. The molecule has 0 fully saturated rings. The summed E-state index contributed by atoms with van der Waals surface area (Å²) in [5, 5.41) is 24.3. The van der Waals surface area contributed by atoms with Gasteiger partial charge in [-0.05, 0) is 12.1 Å². The first kappa shape index (κ1) is 12.4. The van der Waals surface area contributed by atoms with Crippen LogP contribution in [-0.2, 0) is 10.0 Å². The molecule has 4 N–H and O–H groups in total. The van der Waals surface area contributed by atoms with E-state index >= 15 is 0 Å². The van der Waals surface area contributed by atoms with Crippen molar-refractivity contribution in [2.24, 2.45) is 5.14 Å². The van der Waals surface area contributed by atoms with E-state index in [1.165, 1.54) is 36.4 Å². The number of aromatic hydroxyl groups is 2. The molecule has 0 saturated carbocycles. The van der Waals surface area contributed by atoms with Crippen molar-refractivity contribution in [1.82, 2.24) is 0 Å². The van der Waals surface area contributed by atoms with Gasteiger partial charge in [0.2, 0.25) is 10.0 Å². The molecule has 2 aromatic rings. The summed E-state index contributed by atoms with van der Waals surface area (Å²) in [4.78, 5) is -0.106. The normalized spacial score (nSPS) is 11.4. The topological polar surface area (TPSA) is 101 Å². The maximum Gasteiger partial charge on any atom is 0.238 e. The van der Waals surface area contributed by atoms with Crippen molar-refractivity contribution >= 4 is 10.0 Å². The highest BCUT2D eigenvalue weighted by Crippen LogP contribution is 2.38. The quantitative estimate of drug-likeness (QED) is 0.715. The number of nitrogens with two attached hydrogens (primary N) is 1. The largest absolute Gasteiger partial charge is 0.504 e. The predicted octanol–water partition coefficient (Wildman–Crippen LogP) is 1.41. The average Bonchev–Trinajstić information content (AvgIpc) is 2.32. The molecule has 0 saturated heterocycles. The fourth-order valence-corrected chi connectivity index (χ4v) is 2.44. The number of phenols is 2. The lowest BCUT2D eigenvalue weighted by Gasteiger charge is -2.10. The molecule has 0 radical (unpaired) electrons. The van der Waals surface area contributed by atoms with Crippen LogP contribution < -0.4 is 5.14 Å². The van der Waals surface area contributed by atoms with Crippen molar-refractivity contribution in [3.63, 3.8) is 0 Å². The summed E-state index contributed by atoms with van der Waals surface area (Å²) in [5.41, 5.74) is 0.452. The highest BCUT2D eigenvalue weighted by Gasteiger charge is 2.17. The van der Waals surface area contributed by atoms with Gasteiger partial charge >= 0.3 is 0 Å². The number of rotatable bonds is 2. The van der Waals surface area contributed by atoms with Crippen molar-refractivity contribution in [2.75, 3.05) is 0 Å². The fourth-order valence-electron chi connectivity index (χ4n) is 1.69. The van der Waals surface area contributed by atoms with Crippen LogP contribution in [0, 0.1) is 0 Å². The zero-order valence-corrected chi connectivity index (χ0v) is 10.1. The smallest absolute Gasteiger partial charge is 0.238 e. The second-order valence-corrected chi connectivity index (χ2v) is 5.24. The Balaban J connectivity index is 2.77. The van der Waals surface area contributed by atoms with Gasteiger partial charge in [-0.1, -0.05) is 30.3 Å². The van der Waals surface area contributed by atoms with Crippen LogP contribution in [0.2, 0.25) is 0 Å². The Bertz CT molecular complexity index is 695. The molecule has 0 aromatic heterocycles. The van der Waals surface area contributed by atoms with E-state index in [0.717, 1.165) is 0 Å². The molecular weight excluding hydrogens is 254 g/mol. The van der Waals surface area contributed by atoms with E-state index in [0.29, 0.717) is 0 Å². The molecule has 0 aliphatic carbocycles. The third-order valence-corrected chi connectivity index (χ3v) is 3.47. The van der Waals surface area contributed by atoms with Crippen molar-refractivity contribution in [2.45, 2.75) is 4.90 Å². The standard InChI is InChI=1S/C12H11NO4S/c13-18(16,17)11-7-2-1-4-8(11)9-5-3-6-10(14)12(9)15/h1-7,14-15H,(H2,13,16,17). The minimum atomic E-state index is -3.90. The number of para-hydroxylation sites is 1. The van der Waals surface area contributed by atoms with Crippen LogP contribution >= 0.6 is 0 Å². The summed E-state index contributed by atoms with van der Waals surface area (Å²) < 4.78 is 22.9. The molecular formula is C12H11NO4S. The van der Waals surface area contributed by atoms with Gasteiger partial charge in [0, 0.05) is 11.1 Å². The van der Waals surface area contributed by atoms with Gasteiger partial charge in [-0.2, -0.15) is 0 Å². The Morgan fingerprint density at radius 3 is 2.17 bits per heavy atom. The molecule has 2 rings (SSSR count). The molecule has 0 bridgehead atoms. The molecule has 0 unspecified atom stereocenters. The van der Waals surface area contributed by atoms with Crippen LogP contribution in [0.5, 0.6) is 11.5 Å². The molecule has 18 heavy (non-hydrogen) atoms. The van der Waals surface area contributed by atoms with E-state index in [4.69, 9.17) is 5.14 Å². The zero-order valence-electron chi connectivity index (χ0n) is 9.24. The molecule has 0 amide bonds. The van der Waals surface area contributed by atoms with Crippen LogP contribution in [0.15, 0.2) is 47.4 Å². The van der Waals surface area contributed by atoms with E-state index in [-0.39, 0.29) is 27.5 Å². The van der Waals surface area contributed by atoms with Gasteiger partial charge in [-0.3, -0.25) is 0 Å². The van der Waals surface area contributed by atoms with E-state index in [2.05, 4.69) is 0 Å². The number of hydrogen-bond acceptors (Lipinski definition) is 4. The lowest BCUT2D eigenvalue weighted by Crippen LogP contribution is -2.13. The number of primary sulfonamides is 1. The molecule has 0 heterocycles. The van der Waals surface area contributed by atoms with Gasteiger partial charge < -0.3 is 10.2 Å². The molecule has 2 aromatic carbocycles. The van der Waals surface area contributed by atoms with Crippen LogP contribution in [0.1, 0.15) is 0 Å². The Morgan fingerprint density at radius 2 is 1.50 bits per heavy atom. The number of benzene rings is 2. The van der Waals surface area contributed by atoms with Crippen LogP contribution in [0.25, 0.3) is 11.1 Å². The maximum atomic E-state index is 11.5. The van der Waals surface area contributed by atoms with Crippen LogP contribution in [0.4, 0.5) is 0 Å². The molecule has 0 aliphatic rings. The van der Waals surface area contributed by atoms with Gasteiger partial charge in [0.05, 0.1) is 4.90 Å². The monoisotopic (exact) mass is 265 g/mol. The SMILES string of the molecule is NS(=O)(=O)c1ccccc1-c1cccc(O)c1O. The summed E-state index contributed by atoms with van der Waals surface area (Å²) in [6, 6.07) is 10.3. The number of sulfonamides is 1. The van der Waals surface area contributed by atoms with Crippen LogP contribution in [-0.4, -0.2) is 18.6 Å². The number of phenolic OH excluding ortho intramolecular Hbond substituents is 2. The minimum absolute atomic E-state index is 0.106. The summed E-state index contributed by atoms with van der Waals surface area (Å²) in [7, 11) is -3.90. The van der Waals surface area contributed by atoms with E-state index in [1.807, 2.05) is 0 Å². The molecule has 0 atom stereocenters. The lowest BCUT2D eigenvalue weighted by atomic mass is 10.0. The molecule has 0 spiro atoms. The first-order valence-electron chi connectivity index (χ1n) is 5.04. The third kappa shape index (κ3) is 2.15. The van der Waals surface area contributed by atoms with E-state index < -0.39 is 10.0 Å². The van der Waals surface area contributed by atoms with Crippen molar-refractivity contribution in [1.29, 1.82) is 0 Å². The third-order valence-electron chi connectivity index (χ3n) is 2.50. The fraction of sp³-hybridized carbons (Fsp3) is 0.